The van der Waals surface area contributed by atoms with Crippen LogP contribution in [0.15, 0.2) is 24.3 Å². The summed E-state index contributed by atoms with van der Waals surface area (Å²) in [5.41, 5.74) is 1.09. The number of thiocarbonyl (C=S) groups is 1. The van der Waals surface area contributed by atoms with Gasteiger partial charge in [-0.05, 0) is 55.4 Å². The number of nitrogens with one attached hydrogen (secondary N) is 1. The lowest BCUT2D eigenvalue weighted by Crippen LogP contribution is -2.54. The molecule has 4 nitrogen and oxygen atoms in total. The smallest absolute Gasteiger partial charge is 0.169 e. The van der Waals surface area contributed by atoms with E-state index in [1.54, 1.807) is 6.07 Å². The van der Waals surface area contributed by atoms with Gasteiger partial charge in [0, 0.05) is 44.0 Å². The van der Waals surface area contributed by atoms with E-state index in [9.17, 15) is 5.11 Å². The molecule has 3 fully saturated rings. The topological polar surface area (TPSA) is 38.7 Å². The first-order valence-corrected chi connectivity index (χ1v) is 9.19. The van der Waals surface area contributed by atoms with Gasteiger partial charge in [0.25, 0.3) is 0 Å². The van der Waals surface area contributed by atoms with Gasteiger partial charge < -0.3 is 20.2 Å². The lowest BCUT2D eigenvalue weighted by Gasteiger charge is -2.38. The predicted octanol–water partition coefficient (Wildman–Crippen LogP) is 2.58. The van der Waals surface area contributed by atoms with Crippen LogP contribution in [0.1, 0.15) is 25.7 Å². The fourth-order valence-corrected chi connectivity index (χ4v) is 4.86. The number of hydrogen-bond acceptors (Lipinski definition) is 3. The summed E-state index contributed by atoms with van der Waals surface area (Å²) >= 11 is 5.66. The predicted molar refractivity (Wildman–Crippen MR) is 96.9 cm³/mol. The number of rotatable bonds is 2. The van der Waals surface area contributed by atoms with E-state index in [4.69, 9.17) is 12.2 Å². The molecule has 0 spiro atoms. The number of benzene rings is 1. The van der Waals surface area contributed by atoms with Crippen LogP contribution in [0.5, 0.6) is 5.75 Å². The Morgan fingerprint density at radius 2 is 1.96 bits per heavy atom. The molecule has 1 aromatic carbocycles. The van der Waals surface area contributed by atoms with Crippen molar-refractivity contribution in [1.29, 1.82) is 0 Å². The van der Waals surface area contributed by atoms with Crippen LogP contribution in [0, 0.1) is 11.8 Å². The first-order valence-electron chi connectivity index (χ1n) is 8.78. The molecule has 2 N–H and O–H groups in total. The number of phenols is 1. The van der Waals surface area contributed by atoms with Crippen molar-refractivity contribution in [2.24, 2.45) is 11.8 Å². The summed E-state index contributed by atoms with van der Waals surface area (Å²) in [6, 6.07) is 8.13. The molecule has 1 saturated heterocycles. The molecular formula is C18H25N3OS. The molecule has 0 amide bonds. The first kappa shape index (κ1) is 15.1. The summed E-state index contributed by atoms with van der Waals surface area (Å²) in [6.07, 6.45) is 5.54. The number of anilines is 1. The number of nitrogens with zero attached hydrogens (tertiary/aromatic N) is 2. The highest BCUT2D eigenvalue weighted by molar-refractivity contribution is 7.80. The molecule has 124 valence electrons. The van der Waals surface area contributed by atoms with E-state index in [0.717, 1.165) is 48.8 Å². The fourth-order valence-electron chi connectivity index (χ4n) is 4.53. The Labute approximate surface area is 143 Å². The fraction of sp³-hybridized carbons (Fsp3) is 0.611. The second kappa shape index (κ2) is 6.19. The van der Waals surface area contributed by atoms with Gasteiger partial charge in [-0.1, -0.05) is 12.5 Å². The van der Waals surface area contributed by atoms with Gasteiger partial charge in [-0.25, -0.2) is 0 Å². The molecule has 1 aliphatic heterocycles. The molecule has 0 unspecified atom stereocenters. The molecule has 1 heterocycles. The van der Waals surface area contributed by atoms with Crippen molar-refractivity contribution in [3.8, 4) is 5.75 Å². The second-order valence-corrected chi connectivity index (χ2v) is 7.61. The number of hydrogen-bond donors (Lipinski definition) is 2. The van der Waals surface area contributed by atoms with Crippen molar-refractivity contribution >= 4 is 23.0 Å². The van der Waals surface area contributed by atoms with Crippen molar-refractivity contribution in [1.82, 2.24) is 10.2 Å². The van der Waals surface area contributed by atoms with Crippen molar-refractivity contribution in [3.05, 3.63) is 24.3 Å². The maximum atomic E-state index is 9.63. The van der Waals surface area contributed by atoms with Crippen molar-refractivity contribution < 1.29 is 5.11 Å². The number of phenolic OH excluding ortho intramolecular Hbond substituents is 1. The Hall–Kier alpha value is -1.49. The van der Waals surface area contributed by atoms with E-state index in [1.807, 2.05) is 12.1 Å². The summed E-state index contributed by atoms with van der Waals surface area (Å²) in [7, 11) is 0. The van der Waals surface area contributed by atoms with Gasteiger partial charge >= 0.3 is 0 Å². The Morgan fingerprint density at radius 3 is 2.61 bits per heavy atom. The molecule has 0 aromatic heterocycles. The summed E-state index contributed by atoms with van der Waals surface area (Å²) < 4.78 is 0. The largest absolute Gasteiger partial charge is 0.508 e. The minimum Gasteiger partial charge on any atom is -0.508 e. The highest BCUT2D eigenvalue weighted by Gasteiger charge is 2.40. The number of aromatic hydroxyl groups is 1. The molecular weight excluding hydrogens is 306 g/mol. The van der Waals surface area contributed by atoms with Crippen LogP contribution in [0.3, 0.4) is 0 Å². The molecule has 1 aromatic rings. The van der Waals surface area contributed by atoms with Gasteiger partial charge in [0.2, 0.25) is 0 Å². The Kier molecular flexibility index (Phi) is 4.05. The average Bonchev–Trinajstić information content (AvgIpc) is 3.18. The molecule has 2 aliphatic carbocycles. The van der Waals surface area contributed by atoms with Crippen LogP contribution in [0.25, 0.3) is 0 Å². The normalized spacial score (nSPS) is 29.8. The minimum absolute atomic E-state index is 0.332. The van der Waals surface area contributed by atoms with Gasteiger partial charge in [-0.15, -0.1) is 0 Å². The quantitative estimate of drug-likeness (QED) is 0.815. The van der Waals surface area contributed by atoms with E-state index in [0.29, 0.717) is 11.8 Å². The third kappa shape index (κ3) is 3.11. The van der Waals surface area contributed by atoms with E-state index in [1.165, 1.54) is 25.7 Å². The SMILES string of the molecule is Oc1cccc(N2CCN(C(=S)N[C@H]3C[C@@H]4CC[C@@H]3C4)CC2)c1. The maximum absolute atomic E-state index is 9.63. The lowest BCUT2D eigenvalue weighted by molar-refractivity contribution is 0.345. The molecule has 23 heavy (non-hydrogen) atoms. The number of piperazine rings is 1. The van der Waals surface area contributed by atoms with Crippen molar-refractivity contribution in [2.75, 3.05) is 31.1 Å². The third-order valence-electron chi connectivity index (χ3n) is 5.81. The first-order chi connectivity index (χ1) is 11.2. The molecule has 2 bridgehead atoms. The highest BCUT2D eigenvalue weighted by atomic mass is 32.1. The van der Waals surface area contributed by atoms with Gasteiger partial charge in [0.1, 0.15) is 5.75 Å². The van der Waals surface area contributed by atoms with Crippen LogP contribution in [0.4, 0.5) is 5.69 Å². The van der Waals surface area contributed by atoms with Gasteiger partial charge in [0.05, 0.1) is 0 Å². The zero-order chi connectivity index (χ0) is 15.8. The maximum Gasteiger partial charge on any atom is 0.169 e. The standard InChI is InChI=1S/C18H25N3OS/c22-16-3-1-2-15(12-16)20-6-8-21(9-7-20)18(23)19-17-11-13-4-5-14(17)10-13/h1-3,12-14,17,22H,4-11H2,(H,19,23)/t13-,14-,17+/m1/s1. The van der Waals surface area contributed by atoms with Gasteiger partial charge in [-0.2, -0.15) is 0 Å². The molecule has 3 aliphatic rings. The van der Waals surface area contributed by atoms with Crippen LogP contribution < -0.4 is 10.2 Å². The average molecular weight is 331 g/mol. The summed E-state index contributed by atoms with van der Waals surface area (Å²) in [4.78, 5) is 4.62. The van der Waals surface area contributed by atoms with Crippen molar-refractivity contribution in [3.63, 3.8) is 0 Å². The molecule has 4 rings (SSSR count). The van der Waals surface area contributed by atoms with Gasteiger partial charge in [-0.3, -0.25) is 0 Å². The monoisotopic (exact) mass is 331 g/mol. The zero-order valence-electron chi connectivity index (χ0n) is 13.4. The molecule has 0 radical (unpaired) electrons. The summed E-state index contributed by atoms with van der Waals surface area (Å²) in [5.74, 6) is 2.13. The van der Waals surface area contributed by atoms with Crippen LogP contribution in [-0.4, -0.2) is 47.3 Å². The second-order valence-electron chi connectivity index (χ2n) is 7.22. The molecule has 3 atom stereocenters. The summed E-state index contributed by atoms with van der Waals surface area (Å²) in [6.45, 7) is 3.79. The highest BCUT2D eigenvalue weighted by Crippen LogP contribution is 2.44. The van der Waals surface area contributed by atoms with E-state index in [2.05, 4.69) is 21.2 Å². The third-order valence-corrected chi connectivity index (χ3v) is 6.18. The molecule has 5 heteroatoms. The van der Waals surface area contributed by atoms with Crippen molar-refractivity contribution in [2.45, 2.75) is 31.7 Å². The molecule has 2 saturated carbocycles. The van der Waals surface area contributed by atoms with Gasteiger partial charge in [0.15, 0.2) is 5.11 Å². The Morgan fingerprint density at radius 1 is 1.13 bits per heavy atom. The lowest BCUT2D eigenvalue weighted by atomic mass is 9.95. The van der Waals surface area contributed by atoms with E-state index < -0.39 is 0 Å². The zero-order valence-corrected chi connectivity index (χ0v) is 14.3. The van der Waals surface area contributed by atoms with Crippen LogP contribution in [0.2, 0.25) is 0 Å². The Bertz CT molecular complexity index is 585. The van der Waals surface area contributed by atoms with Crippen LogP contribution >= 0.6 is 12.2 Å². The van der Waals surface area contributed by atoms with E-state index >= 15 is 0 Å². The van der Waals surface area contributed by atoms with E-state index in [-0.39, 0.29) is 0 Å². The van der Waals surface area contributed by atoms with Crippen LogP contribution in [-0.2, 0) is 0 Å². The minimum atomic E-state index is 0.332. The Balaban J connectivity index is 1.30. The number of fused-ring (bicyclic) bond motifs is 2. The summed E-state index contributed by atoms with van der Waals surface area (Å²) in [5, 5.41) is 14.2.